The largest absolute Gasteiger partial charge is 0.380 e. The molecule has 3 fully saturated rings. The Morgan fingerprint density at radius 2 is 2.13 bits per heavy atom. The fourth-order valence-corrected chi connectivity index (χ4v) is 3.90. The summed E-state index contributed by atoms with van der Waals surface area (Å²) in [6.07, 6.45) is 8.78. The molecule has 0 aromatic rings. The second-order valence-corrected chi connectivity index (χ2v) is 5.74. The van der Waals surface area contributed by atoms with Gasteiger partial charge in [0.25, 0.3) is 0 Å². The predicted molar refractivity (Wildman–Crippen MR) is 60.8 cm³/mol. The highest BCUT2D eigenvalue weighted by molar-refractivity contribution is 4.90. The highest BCUT2D eigenvalue weighted by Crippen LogP contribution is 2.49. The minimum absolute atomic E-state index is 0.656. The zero-order valence-electron chi connectivity index (χ0n) is 9.58. The van der Waals surface area contributed by atoms with Crippen LogP contribution >= 0.6 is 0 Å². The van der Waals surface area contributed by atoms with Gasteiger partial charge in [0.1, 0.15) is 0 Å². The van der Waals surface area contributed by atoms with Crippen LogP contribution in [0.5, 0.6) is 0 Å². The van der Waals surface area contributed by atoms with Crippen LogP contribution < -0.4 is 5.32 Å². The van der Waals surface area contributed by atoms with E-state index in [0.717, 1.165) is 31.0 Å². The molecule has 0 amide bonds. The van der Waals surface area contributed by atoms with Crippen molar-refractivity contribution < 1.29 is 4.74 Å². The van der Waals surface area contributed by atoms with Gasteiger partial charge in [-0.3, -0.25) is 0 Å². The normalized spacial score (nSPS) is 44.0. The lowest BCUT2D eigenvalue weighted by Crippen LogP contribution is -2.31. The third-order valence-electron chi connectivity index (χ3n) is 4.76. The predicted octanol–water partition coefficient (Wildman–Crippen LogP) is 2.19. The van der Waals surface area contributed by atoms with Crippen LogP contribution in [0.4, 0.5) is 0 Å². The van der Waals surface area contributed by atoms with Crippen molar-refractivity contribution in [1.29, 1.82) is 0 Å². The molecule has 2 bridgehead atoms. The van der Waals surface area contributed by atoms with E-state index in [9.17, 15) is 0 Å². The second kappa shape index (κ2) is 4.42. The molecule has 2 aliphatic carbocycles. The van der Waals surface area contributed by atoms with E-state index in [1.807, 2.05) is 0 Å². The van der Waals surface area contributed by atoms with Crippen LogP contribution in [0.3, 0.4) is 0 Å². The molecule has 1 N–H and O–H groups in total. The molecule has 2 heteroatoms. The maximum absolute atomic E-state index is 5.37. The van der Waals surface area contributed by atoms with Crippen LogP contribution in [0.15, 0.2) is 0 Å². The van der Waals surface area contributed by atoms with Gasteiger partial charge in [0.05, 0.1) is 6.61 Å². The fraction of sp³-hybridized carbons (Fsp3) is 1.00. The van der Waals surface area contributed by atoms with E-state index < -0.39 is 0 Å². The molecule has 2 nitrogen and oxygen atoms in total. The summed E-state index contributed by atoms with van der Waals surface area (Å²) in [7, 11) is 0. The number of rotatable bonds is 4. The zero-order chi connectivity index (χ0) is 10.1. The Labute approximate surface area is 92.8 Å². The zero-order valence-corrected chi connectivity index (χ0v) is 9.58. The molecular formula is C13H23NO. The van der Waals surface area contributed by atoms with Crippen molar-refractivity contribution in [3.8, 4) is 0 Å². The van der Waals surface area contributed by atoms with E-state index in [-0.39, 0.29) is 0 Å². The molecular weight excluding hydrogens is 186 g/mol. The van der Waals surface area contributed by atoms with Gasteiger partial charge in [-0.05, 0) is 56.4 Å². The van der Waals surface area contributed by atoms with Crippen LogP contribution in [-0.2, 0) is 4.74 Å². The molecule has 4 atom stereocenters. The van der Waals surface area contributed by atoms with Crippen LogP contribution in [0.25, 0.3) is 0 Å². The first-order valence-electron chi connectivity index (χ1n) is 6.73. The molecule has 0 aromatic heterocycles. The number of hydrogen-bond acceptors (Lipinski definition) is 2. The Morgan fingerprint density at radius 1 is 1.13 bits per heavy atom. The van der Waals surface area contributed by atoms with Crippen molar-refractivity contribution in [2.24, 2.45) is 17.8 Å². The number of hydrogen-bond donors (Lipinski definition) is 1. The smallest absolute Gasteiger partial charge is 0.0620 e. The summed E-state index contributed by atoms with van der Waals surface area (Å²) in [5, 5.41) is 3.64. The van der Waals surface area contributed by atoms with Crippen molar-refractivity contribution in [3.05, 3.63) is 0 Å². The van der Waals surface area contributed by atoms with Gasteiger partial charge in [0.15, 0.2) is 0 Å². The highest BCUT2D eigenvalue weighted by Gasteiger charge is 2.38. The quantitative estimate of drug-likeness (QED) is 0.766. The Morgan fingerprint density at radius 3 is 2.80 bits per heavy atom. The first kappa shape index (κ1) is 10.1. The van der Waals surface area contributed by atoms with Crippen LogP contribution in [0.2, 0.25) is 0 Å². The van der Waals surface area contributed by atoms with Crippen molar-refractivity contribution >= 4 is 0 Å². The van der Waals surface area contributed by atoms with E-state index in [1.54, 1.807) is 6.42 Å². The molecule has 3 rings (SSSR count). The van der Waals surface area contributed by atoms with Gasteiger partial charge in [0.2, 0.25) is 0 Å². The summed E-state index contributed by atoms with van der Waals surface area (Å²) in [6, 6.07) is 0.656. The number of ether oxygens (including phenoxy) is 1. The van der Waals surface area contributed by atoms with E-state index in [2.05, 4.69) is 5.32 Å². The van der Waals surface area contributed by atoms with Crippen molar-refractivity contribution in [3.63, 3.8) is 0 Å². The SMILES string of the molecule is C(CC1CC2CCC1C2)NC1CCOC1. The van der Waals surface area contributed by atoms with Crippen molar-refractivity contribution in [1.82, 2.24) is 5.32 Å². The van der Waals surface area contributed by atoms with Crippen molar-refractivity contribution in [2.75, 3.05) is 19.8 Å². The third-order valence-corrected chi connectivity index (χ3v) is 4.76. The minimum Gasteiger partial charge on any atom is -0.380 e. The molecule has 0 spiro atoms. The first-order chi connectivity index (χ1) is 7.42. The monoisotopic (exact) mass is 209 g/mol. The topological polar surface area (TPSA) is 21.3 Å². The molecule has 1 heterocycles. The Hall–Kier alpha value is -0.0800. The minimum atomic E-state index is 0.656. The molecule has 1 saturated heterocycles. The summed E-state index contributed by atoms with van der Waals surface area (Å²) >= 11 is 0. The molecule has 86 valence electrons. The molecule has 0 radical (unpaired) electrons. The van der Waals surface area contributed by atoms with E-state index in [1.165, 1.54) is 38.6 Å². The lowest BCUT2D eigenvalue weighted by Gasteiger charge is -2.22. The van der Waals surface area contributed by atoms with Gasteiger partial charge in [-0.15, -0.1) is 0 Å². The molecule has 3 aliphatic rings. The lowest BCUT2D eigenvalue weighted by atomic mass is 9.86. The lowest BCUT2D eigenvalue weighted by molar-refractivity contribution is 0.189. The second-order valence-electron chi connectivity index (χ2n) is 5.74. The van der Waals surface area contributed by atoms with Gasteiger partial charge in [0, 0.05) is 12.6 Å². The van der Waals surface area contributed by atoms with Crippen LogP contribution in [-0.4, -0.2) is 25.8 Å². The number of nitrogens with one attached hydrogen (secondary N) is 1. The van der Waals surface area contributed by atoms with E-state index in [0.29, 0.717) is 6.04 Å². The highest BCUT2D eigenvalue weighted by atomic mass is 16.5. The van der Waals surface area contributed by atoms with Gasteiger partial charge < -0.3 is 10.1 Å². The molecule has 0 aromatic carbocycles. The fourth-order valence-electron chi connectivity index (χ4n) is 3.90. The molecule has 1 aliphatic heterocycles. The van der Waals surface area contributed by atoms with Gasteiger partial charge in [-0.25, -0.2) is 0 Å². The average Bonchev–Trinajstić information content (AvgIpc) is 2.93. The molecule has 15 heavy (non-hydrogen) atoms. The average molecular weight is 209 g/mol. The summed E-state index contributed by atoms with van der Waals surface area (Å²) < 4.78 is 5.37. The Kier molecular flexibility index (Phi) is 2.98. The molecule has 2 saturated carbocycles. The maximum atomic E-state index is 5.37. The summed E-state index contributed by atoms with van der Waals surface area (Å²) in [5.41, 5.74) is 0. The van der Waals surface area contributed by atoms with E-state index in [4.69, 9.17) is 4.74 Å². The maximum Gasteiger partial charge on any atom is 0.0620 e. The third kappa shape index (κ3) is 2.21. The standard InChI is InChI=1S/C13H23NO/c1-2-11-7-10(1)8-12(11)3-5-14-13-4-6-15-9-13/h10-14H,1-9H2. The first-order valence-corrected chi connectivity index (χ1v) is 6.73. The Balaban J connectivity index is 1.36. The Bertz CT molecular complexity index is 213. The van der Waals surface area contributed by atoms with Gasteiger partial charge >= 0.3 is 0 Å². The van der Waals surface area contributed by atoms with E-state index >= 15 is 0 Å². The summed E-state index contributed by atoms with van der Waals surface area (Å²) in [4.78, 5) is 0. The molecule has 4 unspecified atom stereocenters. The van der Waals surface area contributed by atoms with Gasteiger partial charge in [-0.1, -0.05) is 6.42 Å². The number of fused-ring (bicyclic) bond motifs is 2. The van der Waals surface area contributed by atoms with Crippen LogP contribution in [0, 0.1) is 17.8 Å². The van der Waals surface area contributed by atoms with Crippen molar-refractivity contribution in [2.45, 2.75) is 44.6 Å². The summed E-state index contributed by atoms with van der Waals surface area (Å²) in [5.74, 6) is 3.25. The van der Waals surface area contributed by atoms with Crippen LogP contribution in [0.1, 0.15) is 38.5 Å². The van der Waals surface area contributed by atoms with Gasteiger partial charge in [-0.2, -0.15) is 0 Å². The summed E-state index contributed by atoms with van der Waals surface area (Å²) in [6.45, 7) is 3.13.